The van der Waals surface area contributed by atoms with Gasteiger partial charge in [-0.25, -0.2) is 0 Å². The Bertz CT molecular complexity index is 810. The fourth-order valence-electron chi connectivity index (χ4n) is 3.50. The first-order valence-electron chi connectivity index (χ1n) is 8.58. The lowest BCUT2D eigenvalue weighted by Crippen LogP contribution is -2.34. The Labute approximate surface area is 148 Å². The maximum atomic E-state index is 12.8. The van der Waals surface area contributed by atoms with Crippen LogP contribution in [-0.2, 0) is 23.9 Å². The molecule has 1 atom stereocenters. The van der Waals surface area contributed by atoms with Crippen LogP contribution < -0.4 is 0 Å². The van der Waals surface area contributed by atoms with E-state index in [4.69, 9.17) is 4.52 Å². The number of aryl methyl sites for hydroxylation is 3. The number of halogens is 3. The van der Waals surface area contributed by atoms with Crippen molar-refractivity contribution < 1.29 is 22.5 Å². The summed E-state index contributed by atoms with van der Waals surface area (Å²) < 4.78 is 44.9. The maximum absolute atomic E-state index is 12.8. The SMILES string of the molecule is CCc1onc(C)c1[C@H]1CCCN1C(=O)Cn1nc(C(F)(F)F)cc1C. The number of hydrogen-bond donors (Lipinski definition) is 0. The second-order valence-electron chi connectivity index (χ2n) is 6.53. The van der Waals surface area contributed by atoms with Crippen molar-refractivity contribution in [2.75, 3.05) is 6.54 Å². The first kappa shape index (κ1) is 18.5. The van der Waals surface area contributed by atoms with E-state index in [1.165, 1.54) is 6.92 Å². The fraction of sp³-hybridized carbons (Fsp3) is 0.588. The minimum atomic E-state index is -4.52. The Hall–Kier alpha value is -2.32. The van der Waals surface area contributed by atoms with E-state index in [-0.39, 0.29) is 18.5 Å². The van der Waals surface area contributed by atoms with Gasteiger partial charge in [0, 0.05) is 24.2 Å². The van der Waals surface area contributed by atoms with Gasteiger partial charge < -0.3 is 9.42 Å². The second kappa shape index (κ2) is 6.77. The summed E-state index contributed by atoms with van der Waals surface area (Å²) in [6.07, 6.45) is -2.24. The molecule has 0 aromatic carbocycles. The van der Waals surface area contributed by atoms with Crippen LogP contribution in [-0.4, -0.2) is 32.3 Å². The number of rotatable bonds is 4. The summed E-state index contributed by atoms with van der Waals surface area (Å²) >= 11 is 0. The first-order chi connectivity index (χ1) is 12.2. The van der Waals surface area contributed by atoms with Crippen molar-refractivity contribution in [3.63, 3.8) is 0 Å². The van der Waals surface area contributed by atoms with E-state index < -0.39 is 11.9 Å². The summed E-state index contributed by atoms with van der Waals surface area (Å²) in [5.41, 5.74) is 0.994. The molecule has 1 amide bonds. The summed E-state index contributed by atoms with van der Waals surface area (Å²) in [7, 11) is 0. The normalized spacial score (nSPS) is 17.9. The number of carbonyl (C=O) groups excluding carboxylic acids is 1. The highest BCUT2D eigenvalue weighted by atomic mass is 19.4. The molecule has 26 heavy (non-hydrogen) atoms. The van der Waals surface area contributed by atoms with Crippen molar-refractivity contribution >= 4 is 5.91 Å². The number of hydrogen-bond acceptors (Lipinski definition) is 4. The number of carbonyl (C=O) groups is 1. The van der Waals surface area contributed by atoms with E-state index in [2.05, 4.69) is 10.3 Å². The molecule has 3 heterocycles. The van der Waals surface area contributed by atoms with Crippen LogP contribution in [0.3, 0.4) is 0 Å². The zero-order chi connectivity index (χ0) is 19.1. The standard InChI is InChI=1S/C17H21F3N4O2/c1-4-13-16(11(3)22-26-13)12-6-5-7-23(12)15(25)9-24-10(2)8-14(21-24)17(18,19)20/h8,12H,4-7,9H2,1-3H3/t12-/m1/s1. The topological polar surface area (TPSA) is 64.2 Å². The molecule has 0 aliphatic carbocycles. The molecular weight excluding hydrogens is 349 g/mol. The molecule has 0 radical (unpaired) electrons. The predicted molar refractivity (Wildman–Crippen MR) is 86.3 cm³/mol. The van der Waals surface area contributed by atoms with Crippen LogP contribution in [0.5, 0.6) is 0 Å². The predicted octanol–water partition coefficient (Wildman–Crippen LogP) is 3.43. The molecule has 1 fully saturated rings. The molecule has 1 saturated heterocycles. The lowest BCUT2D eigenvalue weighted by Gasteiger charge is -2.25. The van der Waals surface area contributed by atoms with E-state index in [9.17, 15) is 18.0 Å². The van der Waals surface area contributed by atoms with Gasteiger partial charge in [0.25, 0.3) is 0 Å². The quantitative estimate of drug-likeness (QED) is 0.827. The zero-order valence-corrected chi connectivity index (χ0v) is 14.9. The molecule has 0 spiro atoms. The molecule has 2 aromatic heterocycles. The molecule has 6 nitrogen and oxygen atoms in total. The van der Waals surface area contributed by atoms with Gasteiger partial charge in [0.2, 0.25) is 5.91 Å². The van der Waals surface area contributed by atoms with Crippen molar-refractivity contribution in [3.05, 3.63) is 34.5 Å². The van der Waals surface area contributed by atoms with E-state index in [1.807, 2.05) is 13.8 Å². The Morgan fingerprint density at radius 3 is 2.73 bits per heavy atom. The van der Waals surface area contributed by atoms with Gasteiger partial charge in [0.15, 0.2) is 5.69 Å². The van der Waals surface area contributed by atoms with Crippen LogP contribution in [0.1, 0.15) is 54.2 Å². The third-order valence-electron chi connectivity index (χ3n) is 4.77. The number of nitrogens with zero attached hydrogens (tertiary/aromatic N) is 4. The molecule has 142 valence electrons. The van der Waals surface area contributed by atoms with Gasteiger partial charge in [-0.3, -0.25) is 9.48 Å². The summed E-state index contributed by atoms with van der Waals surface area (Å²) in [6, 6.07) is 0.801. The molecule has 3 rings (SSSR count). The molecule has 0 N–H and O–H groups in total. The zero-order valence-electron chi connectivity index (χ0n) is 14.9. The average molecular weight is 370 g/mol. The lowest BCUT2D eigenvalue weighted by molar-refractivity contribution is -0.142. The molecule has 0 bridgehead atoms. The highest BCUT2D eigenvalue weighted by Crippen LogP contribution is 2.36. The van der Waals surface area contributed by atoms with Crippen LogP contribution >= 0.6 is 0 Å². The van der Waals surface area contributed by atoms with Crippen molar-refractivity contribution in [2.45, 2.75) is 58.8 Å². The minimum absolute atomic E-state index is 0.151. The molecule has 0 saturated carbocycles. The van der Waals surface area contributed by atoms with Gasteiger partial charge in [-0.05, 0) is 32.8 Å². The van der Waals surface area contributed by atoms with E-state index in [0.29, 0.717) is 18.7 Å². The van der Waals surface area contributed by atoms with Gasteiger partial charge in [-0.15, -0.1) is 0 Å². The van der Waals surface area contributed by atoms with E-state index >= 15 is 0 Å². The Balaban J connectivity index is 1.81. The van der Waals surface area contributed by atoms with Crippen molar-refractivity contribution in [1.29, 1.82) is 0 Å². The van der Waals surface area contributed by atoms with Crippen molar-refractivity contribution in [1.82, 2.24) is 19.8 Å². The Morgan fingerprint density at radius 2 is 2.12 bits per heavy atom. The molecule has 1 aliphatic heterocycles. The first-order valence-corrected chi connectivity index (χ1v) is 8.58. The van der Waals surface area contributed by atoms with Gasteiger partial charge in [0.1, 0.15) is 12.3 Å². The maximum Gasteiger partial charge on any atom is 0.435 e. The van der Waals surface area contributed by atoms with Crippen molar-refractivity contribution in [3.8, 4) is 0 Å². The molecule has 2 aromatic rings. The number of amides is 1. The monoisotopic (exact) mass is 370 g/mol. The molecular formula is C17H21F3N4O2. The smallest absolute Gasteiger partial charge is 0.361 e. The molecule has 9 heteroatoms. The third-order valence-corrected chi connectivity index (χ3v) is 4.77. The van der Waals surface area contributed by atoms with Gasteiger partial charge >= 0.3 is 6.18 Å². The van der Waals surface area contributed by atoms with Gasteiger partial charge in [0.05, 0.1) is 11.7 Å². The Kier molecular flexibility index (Phi) is 4.81. The fourth-order valence-corrected chi connectivity index (χ4v) is 3.50. The van der Waals surface area contributed by atoms with Crippen LogP contribution in [0.15, 0.2) is 10.6 Å². The van der Waals surface area contributed by atoms with Crippen molar-refractivity contribution in [2.24, 2.45) is 0 Å². The van der Waals surface area contributed by atoms with E-state index in [0.717, 1.165) is 40.6 Å². The molecule has 0 unspecified atom stereocenters. The minimum Gasteiger partial charge on any atom is -0.361 e. The van der Waals surface area contributed by atoms with Crippen LogP contribution in [0.4, 0.5) is 13.2 Å². The summed E-state index contributed by atoms with van der Waals surface area (Å²) in [4.78, 5) is 14.5. The number of likely N-dealkylation sites (tertiary alicyclic amines) is 1. The Morgan fingerprint density at radius 1 is 1.38 bits per heavy atom. The summed E-state index contributed by atoms with van der Waals surface area (Å²) in [5, 5.41) is 7.54. The van der Waals surface area contributed by atoms with Crippen LogP contribution in [0.2, 0.25) is 0 Å². The molecule has 1 aliphatic rings. The third kappa shape index (κ3) is 3.34. The number of aromatic nitrogens is 3. The van der Waals surface area contributed by atoms with E-state index in [1.54, 1.807) is 4.90 Å². The second-order valence-corrected chi connectivity index (χ2v) is 6.53. The van der Waals surface area contributed by atoms with Gasteiger partial charge in [-0.2, -0.15) is 18.3 Å². The highest BCUT2D eigenvalue weighted by Gasteiger charge is 2.36. The number of alkyl halides is 3. The summed E-state index contributed by atoms with van der Waals surface area (Å²) in [6.45, 7) is 5.65. The highest BCUT2D eigenvalue weighted by molar-refractivity contribution is 5.77. The van der Waals surface area contributed by atoms with Crippen LogP contribution in [0.25, 0.3) is 0 Å². The van der Waals surface area contributed by atoms with Gasteiger partial charge in [-0.1, -0.05) is 12.1 Å². The largest absolute Gasteiger partial charge is 0.435 e. The summed E-state index contributed by atoms with van der Waals surface area (Å²) in [5.74, 6) is 0.497. The van der Waals surface area contributed by atoms with Crippen LogP contribution in [0, 0.1) is 13.8 Å². The lowest BCUT2D eigenvalue weighted by atomic mass is 10.0. The average Bonchev–Trinajstić information content (AvgIpc) is 3.25.